The number of para-hydroxylation sites is 1. The van der Waals surface area contributed by atoms with E-state index in [1.807, 2.05) is 6.92 Å². The molecule has 0 aliphatic carbocycles. The van der Waals surface area contributed by atoms with E-state index in [-0.39, 0.29) is 5.56 Å². The molecule has 0 saturated carbocycles. The number of aromatic nitrogens is 2. The molecule has 0 radical (unpaired) electrons. The molecule has 3 rings (SSSR count). The van der Waals surface area contributed by atoms with E-state index < -0.39 is 11.5 Å². The first-order chi connectivity index (χ1) is 10.6. The van der Waals surface area contributed by atoms with Gasteiger partial charge in [-0.2, -0.15) is 5.10 Å². The van der Waals surface area contributed by atoms with Crippen LogP contribution in [0, 0.1) is 6.92 Å². The normalized spacial score (nSPS) is 10.8. The van der Waals surface area contributed by atoms with E-state index in [2.05, 4.69) is 5.10 Å². The number of carbonyl (C=O) groups excluding carboxylic acids is 1. The molecule has 2 heterocycles. The summed E-state index contributed by atoms with van der Waals surface area (Å²) in [5, 5.41) is 4.64. The molecule has 0 atom stereocenters. The monoisotopic (exact) mass is 298 g/mol. The minimum absolute atomic E-state index is 0.0655. The fourth-order valence-corrected chi connectivity index (χ4v) is 2.19. The van der Waals surface area contributed by atoms with Gasteiger partial charge in [0.15, 0.2) is 11.3 Å². The Morgan fingerprint density at radius 2 is 2.18 bits per heavy atom. The Kier molecular flexibility index (Phi) is 3.50. The Morgan fingerprint density at radius 1 is 1.36 bits per heavy atom. The highest BCUT2D eigenvalue weighted by Crippen LogP contribution is 2.25. The molecule has 0 spiro atoms. The Bertz CT molecular complexity index is 908. The lowest BCUT2D eigenvalue weighted by Crippen LogP contribution is -2.21. The Labute approximate surface area is 125 Å². The van der Waals surface area contributed by atoms with E-state index in [0.29, 0.717) is 29.0 Å². The third kappa shape index (κ3) is 2.39. The number of carbonyl (C=O) groups is 1. The maximum absolute atomic E-state index is 12.3. The zero-order chi connectivity index (χ0) is 15.7. The quantitative estimate of drug-likeness (QED) is 0.694. The Morgan fingerprint density at radius 3 is 2.86 bits per heavy atom. The van der Waals surface area contributed by atoms with Crippen molar-refractivity contribution >= 4 is 16.9 Å². The lowest BCUT2D eigenvalue weighted by Gasteiger charge is -2.06. The third-order valence-electron chi connectivity index (χ3n) is 3.18. The van der Waals surface area contributed by atoms with E-state index in [9.17, 15) is 9.59 Å². The molecule has 0 fully saturated rings. The molecular weight excluding hydrogens is 284 g/mol. The number of benzene rings is 1. The van der Waals surface area contributed by atoms with Gasteiger partial charge in [0.2, 0.25) is 0 Å². The molecule has 0 aliphatic rings. The number of ether oxygens (including phenoxy) is 1. The summed E-state index contributed by atoms with van der Waals surface area (Å²) in [4.78, 5) is 24.5. The fraction of sp³-hybridized carbons (Fsp3) is 0.188. The standard InChI is InChI=1S/C16H14N2O4/c1-3-21-13-6-4-5-11-9-12(16(20)22-14(11)13)15(19)18-8-7-10(2)17-18/h4-9H,3H2,1-2H3. The molecule has 0 amide bonds. The largest absolute Gasteiger partial charge is 0.490 e. The van der Waals surface area contributed by atoms with Crippen LogP contribution >= 0.6 is 0 Å². The number of aryl methyl sites for hydroxylation is 1. The summed E-state index contributed by atoms with van der Waals surface area (Å²) >= 11 is 0. The Hall–Kier alpha value is -2.89. The van der Waals surface area contributed by atoms with Crippen molar-refractivity contribution in [3.63, 3.8) is 0 Å². The summed E-state index contributed by atoms with van der Waals surface area (Å²) in [6.07, 6.45) is 1.51. The second-order valence-corrected chi connectivity index (χ2v) is 4.76. The zero-order valence-corrected chi connectivity index (χ0v) is 12.2. The minimum atomic E-state index is -0.710. The lowest BCUT2D eigenvalue weighted by atomic mass is 10.1. The van der Waals surface area contributed by atoms with Gasteiger partial charge in [-0.3, -0.25) is 4.79 Å². The van der Waals surface area contributed by atoms with Gasteiger partial charge < -0.3 is 9.15 Å². The third-order valence-corrected chi connectivity index (χ3v) is 3.18. The summed E-state index contributed by atoms with van der Waals surface area (Å²) < 4.78 is 11.8. The van der Waals surface area contributed by atoms with Crippen molar-refractivity contribution < 1.29 is 13.9 Å². The average Bonchev–Trinajstić information content (AvgIpc) is 2.93. The Balaban J connectivity index is 2.14. The number of nitrogens with zero attached hydrogens (tertiary/aromatic N) is 2. The van der Waals surface area contributed by atoms with E-state index in [0.717, 1.165) is 4.68 Å². The van der Waals surface area contributed by atoms with Crippen LogP contribution in [0.4, 0.5) is 0 Å². The first-order valence-corrected chi connectivity index (χ1v) is 6.87. The van der Waals surface area contributed by atoms with Crippen molar-refractivity contribution in [2.24, 2.45) is 0 Å². The van der Waals surface area contributed by atoms with Crippen LogP contribution in [0.15, 0.2) is 45.7 Å². The molecule has 0 aliphatic heterocycles. The summed E-state index contributed by atoms with van der Waals surface area (Å²) in [6.45, 7) is 4.06. The van der Waals surface area contributed by atoms with Crippen LogP contribution in [0.2, 0.25) is 0 Å². The van der Waals surface area contributed by atoms with Crippen LogP contribution in [0.5, 0.6) is 5.75 Å². The van der Waals surface area contributed by atoms with Crippen LogP contribution in [-0.4, -0.2) is 22.3 Å². The van der Waals surface area contributed by atoms with Crippen molar-refractivity contribution in [1.82, 2.24) is 9.78 Å². The molecule has 0 N–H and O–H groups in total. The number of fused-ring (bicyclic) bond motifs is 1. The SMILES string of the molecule is CCOc1cccc2cc(C(=O)n3ccc(C)n3)c(=O)oc12. The van der Waals surface area contributed by atoms with Gasteiger partial charge in [0.1, 0.15) is 5.56 Å². The predicted octanol–water partition coefficient (Wildman–Crippen LogP) is 2.39. The van der Waals surface area contributed by atoms with Gasteiger partial charge in [0.25, 0.3) is 5.91 Å². The van der Waals surface area contributed by atoms with Crippen LogP contribution in [-0.2, 0) is 0 Å². The van der Waals surface area contributed by atoms with Gasteiger partial charge in [-0.05, 0) is 32.0 Å². The van der Waals surface area contributed by atoms with Gasteiger partial charge in [0, 0.05) is 11.6 Å². The molecule has 1 aromatic carbocycles. The second-order valence-electron chi connectivity index (χ2n) is 4.76. The molecule has 22 heavy (non-hydrogen) atoms. The second kappa shape index (κ2) is 5.48. The maximum atomic E-state index is 12.3. The average molecular weight is 298 g/mol. The first-order valence-electron chi connectivity index (χ1n) is 6.87. The topological polar surface area (TPSA) is 74.3 Å². The fourth-order valence-electron chi connectivity index (χ4n) is 2.19. The van der Waals surface area contributed by atoms with Crippen LogP contribution < -0.4 is 10.4 Å². The van der Waals surface area contributed by atoms with Crippen molar-refractivity contribution in [2.45, 2.75) is 13.8 Å². The molecule has 0 bridgehead atoms. The number of hydrogen-bond acceptors (Lipinski definition) is 5. The lowest BCUT2D eigenvalue weighted by molar-refractivity contribution is 0.0941. The van der Waals surface area contributed by atoms with Gasteiger partial charge in [-0.15, -0.1) is 0 Å². The number of hydrogen-bond donors (Lipinski definition) is 0. The van der Waals surface area contributed by atoms with E-state index in [4.69, 9.17) is 9.15 Å². The molecule has 2 aromatic heterocycles. The highest BCUT2D eigenvalue weighted by Gasteiger charge is 2.17. The maximum Gasteiger partial charge on any atom is 0.349 e. The highest BCUT2D eigenvalue weighted by molar-refractivity contribution is 5.98. The van der Waals surface area contributed by atoms with Crippen LogP contribution in [0.3, 0.4) is 0 Å². The van der Waals surface area contributed by atoms with Crippen LogP contribution in [0.25, 0.3) is 11.0 Å². The van der Waals surface area contributed by atoms with Crippen molar-refractivity contribution in [3.8, 4) is 5.75 Å². The van der Waals surface area contributed by atoms with E-state index in [1.165, 1.54) is 12.3 Å². The molecular formula is C16H14N2O4. The molecule has 3 aromatic rings. The molecule has 0 saturated heterocycles. The molecule has 6 heteroatoms. The van der Waals surface area contributed by atoms with Gasteiger partial charge in [-0.25, -0.2) is 9.48 Å². The minimum Gasteiger partial charge on any atom is -0.490 e. The molecule has 112 valence electrons. The van der Waals surface area contributed by atoms with Crippen molar-refractivity contribution in [2.75, 3.05) is 6.61 Å². The highest BCUT2D eigenvalue weighted by atomic mass is 16.5. The van der Waals surface area contributed by atoms with E-state index in [1.54, 1.807) is 31.2 Å². The molecule has 0 unspecified atom stereocenters. The van der Waals surface area contributed by atoms with Gasteiger partial charge in [-0.1, -0.05) is 12.1 Å². The van der Waals surface area contributed by atoms with Crippen molar-refractivity contribution in [3.05, 3.63) is 58.2 Å². The summed E-state index contributed by atoms with van der Waals surface area (Å²) in [5.41, 5.74) is 0.252. The van der Waals surface area contributed by atoms with Gasteiger partial charge in [0.05, 0.1) is 12.3 Å². The summed E-state index contributed by atoms with van der Waals surface area (Å²) in [6, 6.07) is 8.44. The summed E-state index contributed by atoms with van der Waals surface area (Å²) in [5.74, 6) is -0.0448. The summed E-state index contributed by atoms with van der Waals surface area (Å²) in [7, 11) is 0. The van der Waals surface area contributed by atoms with Crippen LogP contribution in [0.1, 0.15) is 23.0 Å². The predicted molar refractivity (Wildman–Crippen MR) is 80.3 cm³/mol. The van der Waals surface area contributed by atoms with Gasteiger partial charge >= 0.3 is 5.63 Å². The first kappa shape index (κ1) is 14.1. The number of rotatable bonds is 3. The smallest absolute Gasteiger partial charge is 0.349 e. The molecule has 6 nitrogen and oxygen atoms in total. The van der Waals surface area contributed by atoms with E-state index >= 15 is 0 Å². The zero-order valence-electron chi connectivity index (χ0n) is 12.2. The van der Waals surface area contributed by atoms with Crippen molar-refractivity contribution in [1.29, 1.82) is 0 Å².